The summed E-state index contributed by atoms with van der Waals surface area (Å²) in [6, 6.07) is 11.9. The SMILES string of the molecule is COc1ccc(-n2c(-c3ccc(C(F)(F)F)cc3)n[nH]c2=S)cc1. The third kappa shape index (κ3) is 3.05. The van der Waals surface area contributed by atoms with Gasteiger partial charge in [0.1, 0.15) is 5.75 Å². The zero-order valence-corrected chi connectivity index (χ0v) is 13.3. The highest BCUT2D eigenvalue weighted by Gasteiger charge is 2.30. The van der Waals surface area contributed by atoms with Crippen molar-refractivity contribution >= 4 is 12.2 Å². The van der Waals surface area contributed by atoms with E-state index < -0.39 is 11.7 Å². The number of rotatable bonds is 3. The topological polar surface area (TPSA) is 42.8 Å². The molecule has 1 aromatic heterocycles. The van der Waals surface area contributed by atoms with E-state index in [-0.39, 0.29) is 0 Å². The Hall–Kier alpha value is -2.61. The average molecular weight is 351 g/mol. The summed E-state index contributed by atoms with van der Waals surface area (Å²) < 4.78 is 45.2. The van der Waals surface area contributed by atoms with Gasteiger partial charge in [-0.1, -0.05) is 12.1 Å². The van der Waals surface area contributed by atoms with Crippen molar-refractivity contribution in [2.75, 3.05) is 7.11 Å². The van der Waals surface area contributed by atoms with E-state index in [9.17, 15) is 13.2 Å². The molecule has 3 aromatic rings. The van der Waals surface area contributed by atoms with Crippen molar-refractivity contribution in [3.8, 4) is 22.8 Å². The number of methoxy groups -OCH3 is 1. The van der Waals surface area contributed by atoms with Gasteiger partial charge in [-0.3, -0.25) is 9.67 Å². The predicted octanol–water partition coefficient (Wildman–Crippen LogP) is 4.62. The second-order valence-corrected chi connectivity index (χ2v) is 5.35. The molecular weight excluding hydrogens is 339 g/mol. The Morgan fingerprint density at radius 3 is 2.21 bits per heavy atom. The van der Waals surface area contributed by atoms with Crippen molar-refractivity contribution in [3.05, 3.63) is 58.9 Å². The van der Waals surface area contributed by atoms with Gasteiger partial charge in [0.25, 0.3) is 0 Å². The van der Waals surface area contributed by atoms with E-state index in [0.29, 0.717) is 21.9 Å². The molecule has 1 heterocycles. The second kappa shape index (κ2) is 6.12. The van der Waals surface area contributed by atoms with Gasteiger partial charge in [-0.2, -0.15) is 18.3 Å². The van der Waals surface area contributed by atoms with Crippen LogP contribution in [-0.2, 0) is 6.18 Å². The van der Waals surface area contributed by atoms with Crippen LogP contribution in [0.2, 0.25) is 0 Å². The minimum atomic E-state index is -4.38. The van der Waals surface area contributed by atoms with E-state index in [2.05, 4.69) is 10.2 Å². The van der Waals surface area contributed by atoms with E-state index in [0.717, 1.165) is 17.8 Å². The summed E-state index contributed by atoms with van der Waals surface area (Å²) in [5.74, 6) is 1.11. The maximum atomic E-state index is 12.7. The van der Waals surface area contributed by atoms with Crippen molar-refractivity contribution in [2.45, 2.75) is 6.18 Å². The molecular formula is C16H12F3N3OS. The van der Waals surface area contributed by atoms with Gasteiger partial charge in [-0.25, -0.2) is 0 Å². The number of ether oxygens (including phenoxy) is 1. The standard InChI is InChI=1S/C16H12F3N3OS/c1-23-13-8-6-12(7-9-13)22-14(20-21-15(22)24)10-2-4-11(5-3-10)16(17,18)19/h2-9H,1H3,(H,21,24). The Kier molecular flexibility index (Phi) is 4.15. The fourth-order valence-electron chi connectivity index (χ4n) is 2.27. The van der Waals surface area contributed by atoms with Gasteiger partial charge in [0.05, 0.1) is 18.4 Å². The molecule has 0 atom stereocenters. The highest BCUT2D eigenvalue weighted by atomic mass is 32.1. The van der Waals surface area contributed by atoms with Crippen LogP contribution in [0.5, 0.6) is 5.75 Å². The lowest BCUT2D eigenvalue weighted by Gasteiger charge is -2.10. The molecule has 3 rings (SSSR count). The van der Waals surface area contributed by atoms with Crippen molar-refractivity contribution in [1.82, 2.24) is 14.8 Å². The highest BCUT2D eigenvalue weighted by molar-refractivity contribution is 7.71. The van der Waals surface area contributed by atoms with E-state index >= 15 is 0 Å². The Bertz CT molecular complexity index is 896. The zero-order chi connectivity index (χ0) is 17.3. The van der Waals surface area contributed by atoms with Gasteiger partial charge in [0.15, 0.2) is 10.6 Å². The maximum absolute atomic E-state index is 12.7. The molecule has 2 aromatic carbocycles. The molecule has 0 unspecified atom stereocenters. The first-order valence-corrected chi connectivity index (χ1v) is 7.30. The molecule has 124 valence electrons. The van der Waals surface area contributed by atoms with Crippen LogP contribution in [0.1, 0.15) is 5.56 Å². The minimum absolute atomic E-state index is 0.343. The molecule has 0 saturated heterocycles. The molecule has 8 heteroatoms. The number of hydrogen-bond acceptors (Lipinski definition) is 3. The van der Waals surface area contributed by atoms with E-state index in [1.807, 2.05) is 0 Å². The molecule has 0 aliphatic carbocycles. The molecule has 0 fully saturated rings. The monoisotopic (exact) mass is 351 g/mol. The third-order valence-electron chi connectivity index (χ3n) is 3.47. The number of aromatic amines is 1. The fraction of sp³-hybridized carbons (Fsp3) is 0.125. The van der Waals surface area contributed by atoms with Gasteiger partial charge in [0, 0.05) is 5.56 Å². The van der Waals surface area contributed by atoms with Crippen LogP contribution in [0.15, 0.2) is 48.5 Å². The smallest absolute Gasteiger partial charge is 0.416 e. The van der Waals surface area contributed by atoms with Gasteiger partial charge >= 0.3 is 6.18 Å². The number of nitrogens with one attached hydrogen (secondary N) is 1. The maximum Gasteiger partial charge on any atom is 0.416 e. The van der Waals surface area contributed by atoms with Gasteiger partial charge in [-0.05, 0) is 48.6 Å². The molecule has 0 saturated carbocycles. The number of halogens is 3. The summed E-state index contributed by atoms with van der Waals surface area (Å²) >= 11 is 5.23. The quantitative estimate of drug-likeness (QED) is 0.700. The average Bonchev–Trinajstić information content (AvgIpc) is 2.96. The summed E-state index contributed by atoms with van der Waals surface area (Å²) in [6.45, 7) is 0. The normalized spacial score (nSPS) is 11.5. The zero-order valence-electron chi connectivity index (χ0n) is 12.5. The Morgan fingerprint density at radius 1 is 1.04 bits per heavy atom. The molecule has 1 N–H and O–H groups in total. The van der Waals surface area contributed by atoms with Crippen molar-refractivity contribution in [1.29, 1.82) is 0 Å². The second-order valence-electron chi connectivity index (χ2n) is 4.96. The first-order valence-electron chi connectivity index (χ1n) is 6.89. The van der Waals surface area contributed by atoms with Gasteiger partial charge < -0.3 is 4.74 Å². The molecule has 4 nitrogen and oxygen atoms in total. The number of H-pyrrole nitrogens is 1. The summed E-state index contributed by atoms with van der Waals surface area (Å²) in [7, 11) is 1.56. The lowest BCUT2D eigenvalue weighted by Crippen LogP contribution is -2.04. The van der Waals surface area contributed by atoms with E-state index in [4.69, 9.17) is 17.0 Å². The Morgan fingerprint density at radius 2 is 1.67 bits per heavy atom. The number of hydrogen-bond donors (Lipinski definition) is 1. The third-order valence-corrected chi connectivity index (χ3v) is 3.75. The molecule has 0 aliphatic rings. The number of nitrogens with zero attached hydrogens (tertiary/aromatic N) is 2. The lowest BCUT2D eigenvalue weighted by molar-refractivity contribution is -0.137. The van der Waals surface area contributed by atoms with Crippen molar-refractivity contribution < 1.29 is 17.9 Å². The van der Waals surface area contributed by atoms with E-state index in [1.165, 1.54) is 12.1 Å². The number of alkyl halides is 3. The molecule has 24 heavy (non-hydrogen) atoms. The summed E-state index contributed by atoms with van der Waals surface area (Å²) in [6.07, 6.45) is -4.38. The molecule has 0 aliphatic heterocycles. The van der Waals surface area contributed by atoms with Crippen LogP contribution in [0.25, 0.3) is 17.1 Å². The Balaban J connectivity index is 2.05. The minimum Gasteiger partial charge on any atom is -0.497 e. The Labute approximate surface area is 140 Å². The van der Waals surface area contributed by atoms with E-state index in [1.54, 1.807) is 35.9 Å². The molecule has 0 amide bonds. The molecule has 0 spiro atoms. The van der Waals surface area contributed by atoms with Crippen LogP contribution >= 0.6 is 12.2 Å². The first-order chi connectivity index (χ1) is 11.4. The largest absolute Gasteiger partial charge is 0.497 e. The van der Waals surface area contributed by atoms with Gasteiger partial charge in [-0.15, -0.1) is 0 Å². The van der Waals surface area contributed by atoms with Crippen LogP contribution in [0.4, 0.5) is 13.2 Å². The lowest BCUT2D eigenvalue weighted by atomic mass is 10.1. The van der Waals surface area contributed by atoms with Gasteiger partial charge in [0.2, 0.25) is 0 Å². The first kappa shape index (κ1) is 16.3. The molecule has 0 bridgehead atoms. The van der Waals surface area contributed by atoms with Crippen LogP contribution in [0, 0.1) is 4.77 Å². The summed E-state index contributed by atoms with van der Waals surface area (Å²) in [5, 5.41) is 6.80. The molecule has 0 radical (unpaired) electrons. The fourth-order valence-corrected chi connectivity index (χ4v) is 2.51. The number of aromatic nitrogens is 3. The van der Waals surface area contributed by atoms with Crippen molar-refractivity contribution in [3.63, 3.8) is 0 Å². The van der Waals surface area contributed by atoms with Crippen LogP contribution < -0.4 is 4.74 Å². The highest BCUT2D eigenvalue weighted by Crippen LogP contribution is 2.31. The summed E-state index contributed by atoms with van der Waals surface area (Å²) in [5.41, 5.74) is 0.534. The van der Waals surface area contributed by atoms with Crippen LogP contribution in [0.3, 0.4) is 0 Å². The predicted molar refractivity (Wildman–Crippen MR) is 85.7 cm³/mol. The summed E-state index contributed by atoms with van der Waals surface area (Å²) in [4.78, 5) is 0. The van der Waals surface area contributed by atoms with Crippen molar-refractivity contribution in [2.24, 2.45) is 0 Å². The van der Waals surface area contributed by atoms with Crippen LogP contribution in [-0.4, -0.2) is 21.9 Å². The number of benzene rings is 2.